The summed E-state index contributed by atoms with van der Waals surface area (Å²) in [6, 6.07) is 7.63. The smallest absolute Gasteiger partial charge is 0.303 e. The molecule has 0 aliphatic rings. The van der Waals surface area contributed by atoms with Crippen molar-refractivity contribution in [1.29, 1.82) is 0 Å². The lowest BCUT2D eigenvalue weighted by Gasteiger charge is -2.09. The first kappa shape index (κ1) is 16.9. The topological polar surface area (TPSA) is 109 Å². The number of aliphatic carboxylic acids is 1. The lowest BCUT2D eigenvalue weighted by molar-refractivity contribution is -0.137. The molecule has 2 aromatic heterocycles. The van der Waals surface area contributed by atoms with Gasteiger partial charge < -0.3 is 14.6 Å². The molecule has 7 heteroatoms. The number of nitrogens with zero attached hydrogens (tertiary/aromatic N) is 2. The van der Waals surface area contributed by atoms with Crippen LogP contribution in [0.5, 0.6) is 0 Å². The number of carboxylic acid groups (broad SMARTS) is 1. The molecule has 0 fully saturated rings. The fraction of sp³-hybridized carbons (Fsp3) is 0.333. The summed E-state index contributed by atoms with van der Waals surface area (Å²) >= 11 is 0. The highest BCUT2D eigenvalue weighted by Gasteiger charge is 2.15. The molecule has 3 aromatic rings. The summed E-state index contributed by atoms with van der Waals surface area (Å²) in [6.07, 6.45) is 0.803. The summed E-state index contributed by atoms with van der Waals surface area (Å²) in [5.41, 5.74) is 1.94. The van der Waals surface area contributed by atoms with Gasteiger partial charge in [0.1, 0.15) is 0 Å². The first-order chi connectivity index (χ1) is 12.0. The van der Waals surface area contributed by atoms with Gasteiger partial charge in [-0.2, -0.15) is 4.98 Å². The summed E-state index contributed by atoms with van der Waals surface area (Å²) in [7, 11) is 0. The standard InChI is InChI=1S/C18H19N3O4/c1-10(2)12-6-3-5-11-9-13(18(24)20-16(11)12)17-19-14(25-21-17)7-4-8-15(22)23/h3,5-6,9-10H,4,7-8H2,1-2H3,(H,20,24)(H,22,23). The average molecular weight is 341 g/mol. The van der Waals surface area contributed by atoms with Crippen molar-refractivity contribution in [3.05, 3.63) is 46.1 Å². The molecular weight excluding hydrogens is 322 g/mol. The molecule has 130 valence electrons. The van der Waals surface area contributed by atoms with Gasteiger partial charge in [-0.05, 0) is 29.4 Å². The number of rotatable bonds is 6. The highest BCUT2D eigenvalue weighted by molar-refractivity contribution is 5.85. The number of H-pyrrole nitrogens is 1. The minimum atomic E-state index is -0.869. The monoisotopic (exact) mass is 341 g/mol. The summed E-state index contributed by atoms with van der Waals surface area (Å²) in [4.78, 5) is 30.1. The van der Waals surface area contributed by atoms with Crippen molar-refractivity contribution in [3.63, 3.8) is 0 Å². The Balaban J connectivity index is 1.94. The predicted molar refractivity (Wildman–Crippen MR) is 92.5 cm³/mol. The largest absolute Gasteiger partial charge is 0.481 e. The van der Waals surface area contributed by atoms with E-state index in [4.69, 9.17) is 9.63 Å². The number of carbonyl (C=O) groups is 1. The molecule has 0 atom stereocenters. The van der Waals surface area contributed by atoms with E-state index < -0.39 is 5.97 Å². The molecule has 0 saturated carbocycles. The second-order valence-electron chi connectivity index (χ2n) is 6.24. The van der Waals surface area contributed by atoms with Crippen LogP contribution in [0, 0.1) is 0 Å². The van der Waals surface area contributed by atoms with E-state index >= 15 is 0 Å². The number of hydrogen-bond donors (Lipinski definition) is 2. The molecule has 0 unspecified atom stereocenters. The van der Waals surface area contributed by atoms with Crippen LogP contribution >= 0.6 is 0 Å². The van der Waals surface area contributed by atoms with Crippen molar-refractivity contribution >= 4 is 16.9 Å². The van der Waals surface area contributed by atoms with Crippen LogP contribution in [0.4, 0.5) is 0 Å². The summed E-state index contributed by atoms with van der Waals surface area (Å²) in [5, 5.41) is 13.4. The van der Waals surface area contributed by atoms with Crippen LogP contribution in [-0.4, -0.2) is 26.2 Å². The highest BCUT2D eigenvalue weighted by atomic mass is 16.5. The van der Waals surface area contributed by atoms with Gasteiger partial charge in [-0.1, -0.05) is 37.2 Å². The molecule has 7 nitrogen and oxygen atoms in total. The molecule has 0 amide bonds. The van der Waals surface area contributed by atoms with Gasteiger partial charge >= 0.3 is 5.97 Å². The van der Waals surface area contributed by atoms with Gasteiger partial charge in [0, 0.05) is 12.8 Å². The van der Waals surface area contributed by atoms with E-state index in [1.165, 1.54) is 0 Å². The zero-order valence-corrected chi connectivity index (χ0v) is 14.1. The highest BCUT2D eigenvalue weighted by Crippen LogP contribution is 2.25. The van der Waals surface area contributed by atoms with Crippen molar-refractivity contribution in [1.82, 2.24) is 15.1 Å². The van der Waals surface area contributed by atoms with Gasteiger partial charge in [0.25, 0.3) is 5.56 Å². The first-order valence-electron chi connectivity index (χ1n) is 8.16. The minimum Gasteiger partial charge on any atom is -0.481 e. The Morgan fingerprint density at radius 2 is 2.16 bits per heavy atom. The Hall–Kier alpha value is -2.96. The summed E-state index contributed by atoms with van der Waals surface area (Å²) in [6.45, 7) is 4.15. The average Bonchev–Trinajstić information content (AvgIpc) is 3.01. The lowest BCUT2D eigenvalue weighted by Crippen LogP contribution is -2.11. The molecule has 0 spiro atoms. The van der Waals surface area contributed by atoms with Crippen LogP contribution in [0.15, 0.2) is 33.6 Å². The minimum absolute atomic E-state index is 0.0340. The van der Waals surface area contributed by atoms with E-state index in [0.29, 0.717) is 24.3 Å². The Labute approximate surface area is 143 Å². The molecule has 2 N–H and O–H groups in total. The van der Waals surface area contributed by atoms with Crippen molar-refractivity contribution in [2.24, 2.45) is 0 Å². The van der Waals surface area contributed by atoms with Gasteiger partial charge in [-0.3, -0.25) is 9.59 Å². The molecule has 0 aliphatic carbocycles. The van der Waals surface area contributed by atoms with Crippen LogP contribution < -0.4 is 5.56 Å². The molecule has 0 saturated heterocycles. The molecule has 0 bridgehead atoms. The fourth-order valence-electron chi connectivity index (χ4n) is 2.76. The SMILES string of the molecule is CC(C)c1cccc2cc(-c3noc(CCCC(=O)O)n3)c(=O)[nH]c12. The Morgan fingerprint density at radius 3 is 2.88 bits per heavy atom. The third-order valence-electron chi connectivity index (χ3n) is 4.02. The van der Waals surface area contributed by atoms with E-state index in [1.807, 2.05) is 18.2 Å². The number of fused-ring (bicyclic) bond motifs is 1. The Morgan fingerprint density at radius 1 is 1.36 bits per heavy atom. The van der Waals surface area contributed by atoms with Crippen LogP contribution in [0.2, 0.25) is 0 Å². The lowest BCUT2D eigenvalue weighted by atomic mass is 9.99. The number of benzene rings is 1. The normalized spacial score (nSPS) is 11.3. The fourth-order valence-corrected chi connectivity index (χ4v) is 2.76. The first-order valence-corrected chi connectivity index (χ1v) is 8.16. The van der Waals surface area contributed by atoms with Gasteiger partial charge in [0.05, 0.1) is 11.1 Å². The number of aromatic nitrogens is 3. The summed E-state index contributed by atoms with van der Waals surface area (Å²) < 4.78 is 5.12. The zero-order valence-electron chi connectivity index (χ0n) is 14.1. The maximum absolute atomic E-state index is 12.5. The maximum Gasteiger partial charge on any atom is 0.303 e. The third kappa shape index (κ3) is 3.60. The van der Waals surface area contributed by atoms with E-state index in [0.717, 1.165) is 16.5 Å². The van der Waals surface area contributed by atoms with Crippen molar-refractivity contribution in [2.75, 3.05) is 0 Å². The number of aryl methyl sites for hydroxylation is 1. The quantitative estimate of drug-likeness (QED) is 0.713. The predicted octanol–water partition coefficient (Wildman–Crippen LogP) is 3.11. The number of para-hydroxylation sites is 1. The third-order valence-corrected chi connectivity index (χ3v) is 4.02. The van der Waals surface area contributed by atoms with Crippen molar-refractivity contribution < 1.29 is 14.4 Å². The maximum atomic E-state index is 12.5. The van der Waals surface area contributed by atoms with E-state index in [-0.39, 0.29) is 23.7 Å². The van der Waals surface area contributed by atoms with E-state index in [2.05, 4.69) is 29.0 Å². The zero-order chi connectivity index (χ0) is 18.0. The molecule has 0 aliphatic heterocycles. The number of carboxylic acids is 1. The van der Waals surface area contributed by atoms with E-state index in [1.54, 1.807) is 6.07 Å². The number of pyridine rings is 1. The van der Waals surface area contributed by atoms with Gasteiger partial charge in [0.2, 0.25) is 11.7 Å². The van der Waals surface area contributed by atoms with Crippen LogP contribution in [0.1, 0.15) is 44.1 Å². The van der Waals surface area contributed by atoms with Gasteiger partial charge in [-0.25, -0.2) is 0 Å². The molecule has 2 heterocycles. The van der Waals surface area contributed by atoms with Crippen LogP contribution in [-0.2, 0) is 11.2 Å². The number of aromatic amines is 1. The van der Waals surface area contributed by atoms with E-state index in [9.17, 15) is 9.59 Å². The summed E-state index contributed by atoms with van der Waals surface area (Å²) in [5.74, 6) is -0.0435. The number of hydrogen-bond acceptors (Lipinski definition) is 5. The van der Waals surface area contributed by atoms with Crippen LogP contribution in [0.3, 0.4) is 0 Å². The molecule has 0 radical (unpaired) electrons. The molecule has 3 rings (SSSR count). The van der Waals surface area contributed by atoms with Gasteiger partial charge in [-0.15, -0.1) is 0 Å². The molecule has 25 heavy (non-hydrogen) atoms. The van der Waals surface area contributed by atoms with Gasteiger partial charge in [0.15, 0.2) is 0 Å². The van der Waals surface area contributed by atoms with Crippen LogP contribution in [0.25, 0.3) is 22.3 Å². The molecule has 1 aromatic carbocycles. The number of nitrogens with one attached hydrogen (secondary N) is 1. The second kappa shape index (κ2) is 6.88. The Bertz CT molecular complexity index is 972. The molecular formula is C18H19N3O4. The van der Waals surface area contributed by atoms with Crippen molar-refractivity contribution in [2.45, 2.75) is 39.0 Å². The Kier molecular flexibility index (Phi) is 4.65. The second-order valence-corrected chi connectivity index (χ2v) is 6.24. The van der Waals surface area contributed by atoms with Crippen molar-refractivity contribution in [3.8, 4) is 11.4 Å².